The second-order valence-electron chi connectivity index (χ2n) is 4.33. The van der Waals surface area contributed by atoms with Gasteiger partial charge in [-0.25, -0.2) is 0 Å². The highest BCUT2D eigenvalue weighted by molar-refractivity contribution is 5.94. The zero-order valence-corrected chi connectivity index (χ0v) is 12.1. The number of ether oxygens (including phenoxy) is 3. The van der Waals surface area contributed by atoms with Gasteiger partial charge >= 0.3 is 0 Å². The molecular weight excluding hydrogens is 260 g/mol. The lowest BCUT2D eigenvalue weighted by Crippen LogP contribution is -2.32. The number of carbonyl (C=O) groups is 1. The summed E-state index contributed by atoms with van der Waals surface area (Å²) < 4.78 is 15.2. The van der Waals surface area contributed by atoms with E-state index in [0.717, 1.165) is 0 Å². The molecule has 0 spiro atoms. The van der Waals surface area contributed by atoms with Crippen molar-refractivity contribution in [1.29, 1.82) is 0 Å². The van der Waals surface area contributed by atoms with Gasteiger partial charge in [-0.2, -0.15) is 0 Å². The maximum absolute atomic E-state index is 12.0. The summed E-state index contributed by atoms with van der Waals surface area (Å²) in [6, 6.07) is 4.95. The van der Waals surface area contributed by atoms with Crippen molar-refractivity contribution in [3.05, 3.63) is 23.8 Å². The predicted octanol–water partition coefficient (Wildman–Crippen LogP) is 0.797. The van der Waals surface area contributed by atoms with Gasteiger partial charge in [-0.3, -0.25) is 4.79 Å². The van der Waals surface area contributed by atoms with Gasteiger partial charge in [-0.15, -0.1) is 0 Å². The molecule has 1 unspecified atom stereocenters. The van der Waals surface area contributed by atoms with E-state index in [-0.39, 0.29) is 11.9 Å². The van der Waals surface area contributed by atoms with Crippen LogP contribution in [0.5, 0.6) is 11.5 Å². The van der Waals surface area contributed by atoms with Crippen molar-refractivity contribution < 1.29 is 19.0 Å². The summed E-state index contributed by atoms with van der Waals surface area (Å²) in [4.78, 5) is 12.0. The fraction of sp³-hybridized carbons (Fsp3) is 0.500. The number of hydrogen-bond acceptors (Lipinski definition) is 5. The summed E-state index contributed by atoms with van der Waals surface area (Å²) in [7, 11) is 4.68. The third kappa shape index (κ3) is 4.71. The minimum Gasteiger partial charge on any atom is -0.493 e. The summed E-state index contributed by atoms with van der Waals surface area (Å²) in [6.07, 6.45) is 0.660. The van der Waals surface area contributed by atoms with Crippen LogP contribution in [0.25, 0.3) is 0 Å². The van der Waals surface area contributed by atoms with Crippen molar-refractivity contribution in [3.8, 4) is 11.5 Å². The van der Waals surface area contributed by atoms with Crippen LogP contribution in [0.15, 0.2) is 18.2 Å². The van der Waals surface area contributed by atoms with Gasteiger partial charge in [0.2, 0.25) is 0 Å². The van der Waals surface area contributed by atoms with E-state index in [1.807, 2.05) is 0 Å². The molecule has 6 nitrogen and oxygen atoms in total. The van der Waals surface area contributed by atoms with Crippen LogP contribution in [0.3, 0.4) is 0 Å². The number of nitrogens with one attached hydrogen (secondary N) is 1. The Labute approximate surface area is 119 Å². The highest BCUT2D eigenvalue weighted by Crippen LogP contribution is 2.27. The third-order valence-electron chi connectivity index (χ3n) is 2.83. The lowest BCUT2D eigenvalue weighted by atomic mass is 10.1. The molecule has 1 aromatic rings. The van der Waals surface area contributed by atoms with E-state index in [2.05, 4.69) is 5.32 Å². The number of carbonyl (C=O) groups excluding carboxylic acids is 1. The van der Waals surface area contributed by atoms with Crippen molar-refractivity contribution in [2.75, 3.05) is 34.5 Å². The van der Waals surface area contributed by atoms with E-state index in [9.17, 15) is 4.79 Å². The van der Waals surface area contributed by atoms with Crippen LogP contribution in [-0.4, -0.2) is 46.4 Å². The summed E-state index contributed by atoms with van der Waals surface area (Å²) >= 11 is 0. The number of methoxy groups -OCH3 is 3. The molecule has 0 bridgehead atoms. The first-order valence-electron chi connectivity index (χ1n) is 6.37. The van der Waals surface area contributed by atoms with E-state index >= 15 is 0 Å². The molecule has 0 radical (unpaired) electrons. The van der Waals surface area contributed by atoms with Crippen LogP contribution in [0.1, 0.15) is 16.8 Å². The molecule has 0 aromatic heterocycles. The van der Waals surface area contributed by atoms with Gasteiger partial charge in [0.1, 0.15) is 0 Å². The molecule has 0 aliphatic rings. The van der Waals surface area contributed by atoms with Gasteiger partial charge in [0.05, 0.1) is 20.8 Å². The van der Waals surface area contributed by atoms with Crippen molar-refractivity contribution in [3.63, 3.8) is 0 Å². The molecule has 0 fully saturated rings. The Kier molecular flexibility index (Phi) is 6.83. The molecule has 112 valence electrons. The van der Waals surface area contributed by atoms with Crippen LogP contribution < -0.4 is 20.5 Å². The van der Waals surface area contributed by atoms with Gasteiger partial charge in [0, 0.05) is 25.3 Å². The first-order valence-corrected chi connectivity index (χ1v) is 6.37. The van der Waals surface area contributed by atoms with Gasteiger partial charge in [-0.05, 0) is 24.6 Å². The highest BCUT2D eigenvalue weighted by Gasteiger charge is 2.10. The van der Waals surface area contributed by atoms with Crippen molar-refractivity contribution in [2.45, 2.75) is 12.5 Å². The van der Waals surface area contributed by atoms with Crippen LogP contribution in [0, 0.1) is 0 Å². The topological polar surface area (TPSA) is 82.8 Å². The molecule has 20 heavy (non-hydrogen) atoms. The molecular formula is C14H22N2O4. The first-order chi connectivity index (χ1) is 9.62. The molecule has 1 aromatic carbocycles. The molecule has 0 aliphatic heterocycles. The fourth-order valence-corrected chi connectivity index (χ4v) is 1.75. The maximum Gasteiger partial charge on any atom is 0.251 e. The quantitative estimate of drug-likeness (QED) is 0.737. The first kappa shape index (κ1) is 16.3. The normalized spacial score (nSPS) is 11.8. The lowest BCUT2D eigenvalue weighted by molar-refractivity contribution is 0.0949. The lowest BCUT2D eigenvalue weighted by Gasteiger charge is -2.12. The average Bonchev–Trinajstić information content (AvgIpc) is 2.46. The van der Waals surface area contributed by atoms with E-state index in [4.69, 9.17) is 19.9 Å². The fourth-order valence-electron chi connectivity index (χ4n) is 1.75. The molecule has 0 aliphatic carbocycles. The van der Waals surface area contributed by atoms with Crippen LogP contribution in [0.2, 0.25) is 0 Å². The van der Waals surface area contributed by atoms with E-state index < -0.39 is 0 Å². The van der Waals surface area contributed by atoms with Crippen molar-refractivity contribution >= 4 is 5.91 Å². The largest absolute Gasteiger partial charge is 0.493 e. The van der Waals surface area contributed by atoms with Crippen LogP contribution >= 0.6 is 0 Å². The summed E-state index contributed by atoms with van der Waals surface area (Å²) in [6.45, 7) is 0.976. The summed E-state index contributed by atoms with van der Waals surface area (Å²) in [5.41, 5.74) is 6.30. The molecule has 1 rings (SSSR count). The zero-order chi connectivity index (χ0) is 15.0. The Hall–Kier alpha value is -1.79. The molecule has 1 atom stereocenters. The Morgan fingerprint density at radius 3 is 2.55 bits per heavy atom. The smallest absolute Gasteiger partial charge is 0.251 e. The average molecular weight is 282 g/mol. The number of rotatable bonds is 8. The van der Waals surface area contributed by atoms with Gasteiger partial charge in [0.25, 0.3) is 5.91 Å². The zero-order valence-electron chi connectivity index (χ0n) is 12.1. The SMILES string of the molecule is COCC(N)CCNC(=O)c1ccc(OC)c(OC)c1. The van der Waals surface area contributed by atoms with Gasteiger partial charge < -0.3 is 25.3 Å². The number of benzene rings is 1. The Bertz CT molecular complexity index is 437. The Morgan fingerprint density at radius 1 is 1.25 bits per heavy atom. The van der Waals surface area contributed by atoms with E-state index in [1.54, 1.807) is 32.4 Å². The van der Waals surface area contributed by atoms with E-state index in [0.29, 0.717) is 36.6 Å². The van der Waals surface area contributed by atoms with Crippen molar-refractivity contribution in [2.24, 2.45) is 5.73 Å². The van der Waals surface area contributed by atoms with Crippen molar-refractivity contribution in [1.82, 2.24) is 5.32 Å². The number of nitrogens with two attached hydrogens (primary N) is 1. The second kappa shape index (κ2) is 8.39. The standard InChI is InChI=1S/C14H22N2O4/c1-18-9-11(15)6-7-16-14(17)10-4-5-12(19-2)13(8-10)20-3/h4-5,8,11H,6-7,9,15H2,1-3H3,(H,16,17). The molecule has 6 heteroatoms. The van der Waals surface area contributed by atoms with Crippen LogP contribution in [-0.2, 0) is 4.74 Å². The van der Waals surface area contributed by atoms with Gasteiger partial charge in [-0.1, -0.05) is 0 Å². The summed E-state index contributed by atoms with van der Waals surface area (Å²) in [5, 5.41) is 2.81. The minimum atomic E-state index is -0.171. The van der Waals surface area contributed by atoms with Crippen LogP contribution in [0.4, 0.5) is 0 Å². The Morgan fingerprint density at radius 2 is 1.95 bits per heavy atom. The Balaban J connectivity index is 2.55. The van der Waals surface area contributed by atoms with E-state index in [1.165, 1.54) is 7.11 Å². The van der Waals surface area contributed by atoms with Gasteiger partial charge in [0.15, 0.2) is 11.5 Å². The minimum absolute atomic E-state index is 0.0781. The highest BCUT2D eigenvalue weighted by atomic mass is 16.5. The molecule has 0 saturated heterocycles. The predicted molar refractivity (Wildman–Crippen MR) is 76.3 cm³/mol. The number of amides is 1. The summed E-state index contributed by atoms with van der Waals surface area (Å²) in [5.74, 6) is 0.943. The maximum atomic E-state index is 12.0. The monoisotopic (exact) mass is 282 g/mol. The molecule has 1 amide bonds. The second-order valence-corrected chi connectivity index (χ2v) is 4.33. The molecule has 0 heterocycles. The molecule has 3 N–H and O–H groups in total. The molecule has 0 saturated carbocycles. The number of hydrogen-bond donors (Lipinski definition) is 2. The third-order valence-corrected chi connectivity index (χ3v) is 2.83.